The van der Waals surface area contributed by atoms with E-state index in [0.717, 1.165) is 36.3 Å². The summed E-state index contributed by atoms with van der Waals surface area (Å²) in [5, 5.41) is 12.6. The summed E-state index contributed by atoms with van der Waals surface area (Å²) in [6.45, 7) is 20.9. The van der Waals surface area contributed by atoms with Gasteiger partial charge in [0.2, 0.25) is 11.8 Å². The average molecular weight is 637 g/mol. The zero-order valence-corrected chi connectivity index (χ0v) is 30.4. The molecule has 0 saturated carbocycles. The van der Waals surface area contributed by atoms with Crippen molar-refractivity contribution in [1.82, 2.24) is 21.3 Å². The second-order valence-electron chi connectivity index (χ2n) is 12.5. The molecule has 0 aliphatic carbocycles. The number of nitrogens with one attached hydrogen (secondary N) is 4. The van der Waals surface area contributed by atoms with E-state index in [4.69, 9.17) is 4.74 Å². The molecule has 1 aliphatic rings. The minimum absolute atomic E-state index is 0.127. The van der Waals surface area contributed by atoms with Gasteiger partial charge in [0.15, 0.2) is 0 Å². The number of hydrogen-bond donors (Lipinski definition) is 4. The van der Waals surface area contributed by atoms with Gasteiger partial charge in [0.1, 0.15) is 18.4 Å². The Bertz CT molecular complexity index is 1180. The third kappa shape index (κ3) is 16.8. The van der Waals surface area contributed by atoms with Crippen LogP contribution < -0.4 is 26.0 Å². The van der Waals surface area contributed by atoms with Gasteiger partial charge in [-0.05, 0) is 75.1 Å². The molecular weight excluding hydrogens is 572 g/mol. The van der Waals surface area contributed by atoms with Gasteiger partial charge in [-0.2, -0.15) is 0 Å². The number of carbonyl (C=O) groups excluding carboxylic acids is 2. The zero-order valence-electron chi connectivity index (χ0n) is 30.4. The van der Waals surface area contributed by atoms with E-state index < -0.39 is 6.04 Å². The molecule has 7 heteroatoms. The van der Waals surface area contributed by atoms with E-state index in [2.05, 4.69) is 107 Å². The van der Waals surface area contributed by atoms with Crippen LogP contribution in [0.5, 0.6) is 5.75 Å². The van der Waals surface area contributed by atoms with Gasteiger partial charge in [0.25, 0.3) is 0 Å². The summed E-state index contributed by atoms with van der Waals surface area (Å²) in [6.07, 6.45) is 8.86. The number of carbonyl (C=O) groups is 2. The summed E-state index contributed by atoms with van der Waals surface area (Å²) in [6, 6.07) is 14.4. The van der Waals surface area contributed by atoms with Crippen LogP contribution in [-0.4, -0.2) is 50.1 Å². The quantitative estimate of drug-likeness (QED) is 0.279. The first kappa shape index (κ1) is 40.7. The highest BCUT2D eigenvalue weighted by atomic mass is 16.5. The second kappa shape index (κ2) is 23.9. The number of hydrogen-bond acceptors (Lipinski definition) is 5. The zero-order chi connectivity index (χ0) is 34.3. The molecule has 1 aliphatic heterocycles. The number of amides is 2. The Morgan fingerprint density at radius 1 is 0.913 bits per heavy atom. The Morgan fingerprint density at radius 2 is 1.63 bits per heavy atom. The van der Waals surface area contributed by atoms with E-state index in [1.807, 2.05) is 25.1 Å². The van der Waals surface area contributed by atoms with Crippen LogP contribution in [0.25, 0.3) is 0 Å². The van der Waals surface area contributed by atoms with E-state index in [1.165, 1.54) is 36.0 Å². The Kier molecular flexibility index (Phi) is 21.2. The van der Waals surface area contributed by atoms with Crippen LogP contribution in [0.4, 0.5) is 0 Å². The van der Waals surface area contributed by atoms with E-state index >= 15 is 0 Å². The third-order valence-electron chi connectivity index (χ3n) is 7.47. The van der Waals surface area contributed by atoms with Gasteiger partial charge in [-0.3, -0.25) is 9.59 Å². The fraction of sp³-hybridized carbons (Fsp3) is 0.590. The van der Waals surface area contributed by atoms with Crippen molar-refractivity contribution in [2.75, 3.05) is 26.2 Å². The van der Waals surface area contributed by atoms with E-state index in [9.17, 15) is 9.59 Å². The highest BCUT2D eigenvalue weighted by molar-refractivity contribution is 5.88. The molecule has 2 aromatic rings. The van der Waals surface area contributed by atoms with Crippen molar-refractivity contribution in [2.45, 2.75) is 119 Å². The minimum Gasteiger partial charge on any atom is -0.492 e. The predicted molar refractivity (Wildman–Crippen MR) is 194 cm³/mol. The molecular formula is C39H64N4O3. The van der Waals surface area contributed by atoms with E-state index in [0.29, 0.717) is 26.1 Å². The second-order valence-corrected chi connectivity index (χ2v) is 12.5. The van der Waals surface area contributed by atoms with Crippen LogP contribution in [0.1, 0.15) is 103 Å². The smallest absolute Gasteiger partial charge is 0.242 e. The highest BCUT2D eigenvalue weighted by Gasteiger charge is 2.21. The van der Waals surface area contributed by atoms with Crippen LogP contribution in [0.3, 0.4) is 0 Å². The van der Waals surface area contributed by atoms with Crippen LogP contribution >= 0.6 is 0 Å². The Morgan fingerprint density at radius 3 is 2.28 bits per heavy atom. The number of aryl methyl sites for hydroxylation is 3. The summed E-state index contributed by atoms with van der Waals surface area (Å²) in [7, 11) is 0. The molecule has 0 radical (unpaired) electrons. The average Bonchev–Trinajstić information content (AvgIpc) is 3.02. The van der Waals surface area contributed by atoms with Crippen molar-refractivity contribution < 1.29 is 14.3 Å². The fourth-order valence-electron chi connectivity index (χ4n) is 5.06. The monoisotopic (exact) mass is 636 g/mol. The van der Waals surface area contributed by atoms with E-state index in [-0.39, 0.29) is 30.3 Å². The Labute approximate surface area is 280 Å². The number of allylic oxidation sites excluding steroid dienone is 1. The van der Waals surface area contributed by atoms with E-state index in [1.54, 1.807) is 0 Å². The molecule has 2 aromatic carbocycles. The standard InChI is InChI=1S/C25H40N4O3.C11H16.C3H8/c1-5-9-21-15-26-19(4)17-32-23-12-8-7-11-20(23)13-18(3)14-28-25(31)22(10-6-2)29-24(30)16-27-21;1-4-5-11-7-6-9(2)8-10(11)3;1-3-2/h7-9,11-12,18-19,22,26-27H,5-6,10,13-17H2,1-4H3,(H,28,31)(H,29,30);6-8H,4-5H2,1-3H3;3H2,1-2H3/b21-9-;;/t18?,19-,22?;;/m0../s1. The van der Waals surface area contributed by atoms with Gasteiger partial charge in [0.05, 0.1) is 6.54 Å². The molecule has 258 valence electrons. The lowest BCUT2D eigenvalue weighted by molar-refractivity contribution is -0.128. The molecule has 4 N–H and O–H groups in total. The molecule has 2 unspecified atom stereocenters. The summed E-state index contributed by atoms with van der Waals surface area (Å²) in [5.74, 6) is 0.816. The molecule has 0 fully saturated rings. The molecule has 46 heavy (non-hydrogen) atoms. The lowest BCUT2D eigenvalue weighted by atomic mass is 10.00. The van der Waals surface area contributed by atoms with Crippen LogP contribution in [0, 0.1) is 19.8 Å². The largest absolute Gasteiger partial charge is 0.492 e. The van der Waals surface area contributed by atoms with Crippen LogP contribution in [0.15, 0.2) is 54.2 Å². The first-order valence-corrected chi connectivity index (χ1v) is 17.6. The van der Waals surface area contributed by atoms with Crippen molar-refractivity contribution in [1.29, 1.82) is 0 Å². The molecule has 3 atom stereocenters. The first-order valence-electron chi connectivity index (χ1n) is 17.6. The summed E-state index contributed by atoms with van der Waals surface area (Å²) < 4.78 is 6.12. The molecule has 3 rings (SSSR count). The lowest BCUT2D eigenvalue weighted by Gasteiger charge is -2.22. The fourth-order valence-corrected chi connectivity index (χ4v) is 5.06. The SMILES string of the molecule is CC/C=C1/CN[C@@H](C)COc2ccccc2CC(C)CNC(=O)C(CCC)NC(=O)CN1.CCC.CCCc1ccc(C)cc1C. The molecule has 0 aromatic heterocycles. The van der Waals surface area contributed by atoms with Crippen molar-refractivity contribution in [3.8, 4) is 5.75 Å². The topological polar surface area (TPSA) is 91.5 Å². The van der Waals surface area contributed by atoms with Gasteiger partial charge in [-0.15, -0.1) is 0 Å². The number of rotatable bonds is 5. The van der Waals surface area contributed by atoms with Crippen molar-refractivity contribution in [3.63, 3.8) is 0 Å². The normalized spacial score (nSPS) is 20.5. The molecule has 0 saturated heterocycles. The number of para-hydroxylation sites is 1. The predicted octanol–water partition coefficient (Wildman–Crippen LogP) is 7.19. The first-order chi connectivity index (χ1) is 22.1. The maximum Gasteiger partial charge on any atom is 0.242 e. The van der Waals surface area contributed by atoms with Crippen molar-refractivity contribution in [3.05, 3.63) is 76.5 Å². The molecule has 2 amide bonds. The summed E-state index contributed by atoms with van der Waals surface area (Å²) in [4.78, 5) is 25.2. The molecule has 7 nitrogen and oxygen atoms in total. The summed E-state index contributed by atoms with van der Waals surface area (Å²) >= 11 is 0. The molecule has 1 heterocycles. The van der Waals surface area contributed by atoms with Crippen molar-refractivity contribution in [2.24, 2.45) is 5.92 Å². The van der Waals surface area contributed by atoms with Crippen molar-refractivity contribution >= 4 is 11.8 Å². The number of fused-ring (bicyclic) bond motifs is 1. The van der Waals surface area contributed by atoms with Crippen LogP contribution in [0.2, 0.25) is 0 Å². The number of ether oxygens (including phenoxy) is 1. The van der Waals surface area contributed by atoms with Gasteiger partial charge in [-0.25, -0.2) is 0 Å². The van der Waals surface area contributed by atoms with Gasteiger partial charge in [0, 0.05) is 24.8 Å². The molecule has 0 bridgehead atoms. The minimum atomic E-state index is -0.521. The summed E-state index contributed by atoms with van der Waals surface area (Å²) in [5.41, 5.74) is 6.39. The van der Waals surface area contributed by atoms with Gasteiger partial charge in [-0.1, -0.05) is 109 Å². The van der Waals surface area contributed by atoms with Gasteiger partial charge < -0.3 is 26.0 Å². The third-order valence-corrected chi connectivity index (χ3v) is 7.47. The molecule has 0 spiro atoms. The Balaban J connectivity index is 0.000000625. The Hall–Kier alpha value is -3.32. The number of benzene rings is 2. The lowest BCUT2D eigenvalue weighted by Crippen LogP contribution is -2.50. The highest BCUT2D eigenvalue weighted by Crippen LogP contribution is 2.21. The maximum atomic E-state index is 12.7. The van der Waals surface area contributed by atoms with Crippen LogP contribution in [-0.2, 0) is 22.4 Å². The van der Waals surface area contributed by atoms with Gasteiger partial charge >= 0.3 is 0 Å². The maximum absolute atomic E-state index is 12.7.